The molecule has 0 atom stereocenters. The average molecular weight is 296 g/mol. The van der Waals surface area contributed by atoms with Gasteiger partial charge in [0.1, 0.15) is 5.58 Å². The van der Waals surface area contributed by atoms with Crippen LogP contribution in [0, 0.1) is 11.8 Å². The van der Waals surface area contributed by atoms with Crippen molar-refractivity contribution in [3.63, 3.8) is 0 Å². The molecule has 0 unspecified atom stereocenters. The van der Waals surface area contributed by atoms with Crippen LogP contribution in [0.15, 0.2) is 34.7 Å². The standard InChI is InChI=1S/C21H28O/c1-2-3-4-5-6-7-8-9-10-11-12-16-20-18-19-15-13-14-17-21(19)22-20/h13-15,17-18H,2-11H2,1H3. The molecule has 1 aromatic carbocycles. The van der Waals surface area contributed by atoms with Crippen molar-refractivity contribution in [2.75, 3.05) is 0 Å². The van der Waals surface area contributed by atoms with E-state index in [0.29, 0.717) is 0 Å². The number of rotatable bonds is 9. The van der Waals surface area contributed by atoms with Crippen LogP contribution < -0.4 is 0 Å². The van der Waals surface area contributed by atoms with Gasteiger partial charge in [-0.2, -0.15) is 0 Å². The van der Waals surface area contributed by atoms with Gasteiger partial charge in [-0.05, 0) is 18.4 Å². The number of furan rings is 1. The molecular formula is C21H28O. The van der Waals surface area contributed by atoms with Crippen LogP contribution >= 0.6 is 0 Å². The van der Waals surface area contributed by atoms with Gasteiger partial charge in [-0.1, -0.05) is 82.4 Å². The molecule has 1 heteroatoms. The van der Waals surface area contributed by atoms with E-state index in [2.05, 4.69) is 24.8 Å². The maximum atomic E-state index is 5.69. The zero-order chi connectivity index (χ0) is 15.5. The summed E-state index contributed by atoms with van der Waals surface area (Å²) in [4.78, 5) is 0. The molecule has 118 valence electrons. The molecule has 0 saturated heterocycles. The summed E-state index contributed by atoms with van der Waals surface area (Å²) in [6, 6.07) is 10.1. The van der Waals surface area contributed by atoms with E-state index in [-0.39, 0.29) is 0 Å². The minimum Gasteiger partial charge on any atom is -0.448 e. The van der Waals surface area contributed by atoms with Crippen LogP contribution in [0.2, 0.25) is 0 Å². The second-order valence-electron chi connectivity index (χ2n) is 6.03. The van der Waals surface area contributed by atoms with Gasteiger partial charge in [0.2, 0.25) is 0 Å². The zero-order valence-corrected chi connectivity index (χ0v) is 13.9. The summed E-state index contributed by atoms with van der Waals surface area (Å²) in [6.07, 6.45) is 13.2. The number of hydrogen-bond acceptors (Lipinski definition) is 1. The van der Waals surface area contributed by atoms with Crippen LogP contribution in [0.5, 0.6) is 0 Å². The molecular weight excluding hydrogens is 268 g/mol. The third kappa shape index (κ3) is 5.98. The maximum Gasteiger partial charge on any atom is 0.178 e. The van der Waals surface area contributed by atoms with Gasteiger partial charge < -0.3 is 4.42 Å². The Kier molecular flexibility index (Phi) is 7.67. The van der Waals surface area contributed by atoms with E-state index < -0.39 is 0 Å². The first-order valence-corrected chi connectivity index (χ1v) is 8.87. The molecule has 2 aromatic rings. The normalized spacial score (nSPS) is 10.6. The van der Waals surface area contributed by atoms with Gasteiger partial charge >= 0.3 is 0 Å². The molecule has 0 aliphatic carbocycles. The van der Waals surface area contributed by atoms with Crippen molar-refractivity contribution in [2.24, 2.45) is 0 Å². The molecule has 0 radical (unpaired) electrons. The Morgan fingerprint density at radius 1 is 0.864 bits per heavy atom. The van der Waals surface area contributed by atoms with Crippen molar-refractivity contribution in [3.05, 3.63) is 36.1 Å². The Labute approximate surface area is 135 Å². The minimum absolute atomic E-state index is 0.789. The lowest BCUT2D eigenvalue weighted by Crippen LogP contribution is -1.80. The van der Waals surface area contributed by atoms with Crippen molar-refractivity contribution in [1.29, 1.82) is 0 Å². The summed E-state index contributed by atoms with van der Waals surface area (Å²) in [5, 5.41) is 1.13. The summed E-state index contributed by atoms with van der Waals surface area (Å²) in [7, 11) is 0. The van der Waals surface area contributed by atoms with E-state index in [9.17, 15) is 0 Å². The molecule has 0 fully saturated rings. The Hall–Kier alpha value is -1.68. The van der Waals surface area contributed by atoms with Gasteiger partial charge in [-0.15, -0.1) is 0 Å². The quantitative estimate of drug-likeness (QED) is 0.370. The predicted octanol–water partition coefficient (Wildman–Crippen LogP) is 6.71. The van der Waals surface area contributed by atoms with E-state index in [0.717, 1.165) is 23.2 Å². The average Bonchev–Trinajstić information content (AvgIpc) is 2.95. The first-order valence-electron chi connectivity index (χ1n) is 8.87. The Morgan fingerprint density at radius 3 is 2.27 bits per heavy atom. The molecule has 0 amide bonds. The van der Waals surface area contributed by atoms with Gasteiger partial charge in [0.05, 0.1) is 0 Å². The van der Waals surface area contributed by atoms with E-state index in [1.165, 1.54) is 57.8 Å². The highest BCUT2D eigenvalue weighted by Crippen LogP contribution is 2.18. The third-order valence-corrected chi connectivity index (χ3v) is 4.04. The van der Waals surface area contributed by atoms with Crippen molar-refractivity contribution < 1.29 is 4.42 Å². The summed E-state index contributed by atoms with van der Waals surface area (Å²) in [6.45, 7) is 2.27. The van der Waals surface area contributed by atoms with E-state index in [1.807, 2.05) is 24.3 Å². The largest absolute Gasteiger partial charge is 0.448 e. The smallest absolute Gasteiger partial charge is 0.178 e. The molecule has 0 saturated carbocycles. The lowest BCUT2D eigenvalue weighted by atomic mass is 10.1. The van der Waals surface area contributed by atoms with Crippen LogP contribution in [-0.4, -0.2) is 0 Å². The first-order chi connectivity index (χ1) is 10.9. The van der Waals surface area contributed by atoms with Crippen LogP contribution in [0.4, 0.5) is 0 Å². The Balaban J connectivity index is 1.55. The summed E-state index contributed by atoms with van der Waals surface area (Å²) >= 11 is 0. The van der Waals surface area contributed by atoms with Crippen molar-refractivity contribution in [2.45, 2.75) is 71.1 Å². The lowest BCUT2D eigenvalue weighted by Gasteiger charge is -2.00. The van der Waals surface area contributed by atoms with Crippen molar-refractivity contribution in [1.82, 2.24) is 0 Å². The van der Waals surface area contributed by atoms with Crippen molar-refractivity contribution in [3.8, 4) is 11.8 Å². The van der Waals surface area contributed by atoms with Gasteiger partial charge in [0, 0.05) is 17.9 Å². The fraction of sp³-hybridized carbons (Fsp3) is 0.524. The monoisotopic (exact) mass is 296 g/mol. The molecule has 2 rings (SSSR count). The topological polar surface area (TPSA) is 13.1 Å². The fourth-order valence-corrected chi connectivity index (χ4v) is 2.72. The van der Waals surface area contributed by atoms with Crippen LogP contribution in [0.3, 0.4) is 0 Å². The SMILES string of the molecule is CCCCCCCCCCCC#Cc1cc2ccccc2o1. The zero-order valence-electron chi connectivity index (χ0n) is 13.9. The molecule has 1 nitrogen and oxygen atoms in total. The molecule has 0 N–H and O–H groups in total. The highest BCUT2D eigenvalue weighted by molar-refractivity contribution is 5.78. The Morgan fingerprint density at radius 2 is 1.55 bits per heavy atom. The number of unbranched alkanes of at least 4 members (excludes halogenated alkanes) is 9. The lowest BCUT2D eigenvalue weighted by molar-refractivity contribution is 0.567. The molecule has 22 heavy (non-hydrogen) atoms. The number of benzene rings is 1. The summed E-state index contributed by atoms with van der Waals surface area (Å²) < 4.78 is 5.69. The third-order valence-electron chi connectivity index (χ3n) is 4.04. The van der Waals surface area contributed by atoms with Gasteiger partial charge in [-0.25, -0.2) is 0 Å². The first kappa shape index (κ1) is 16.7. The number of fused-ring (bicyclic) bond motifs is 1. The van der Waals surface area contributed by atoms with Crippen molar-refractivity contribution >= 4 is 11.0 Å². The molecule has 0 bridgehead atoms. The van der Waals surface area contributed by atoms with Gasteiger partial charge in [0.15, 0.2) is 5.76 Å². The molecule has 0 aliphatic heterocycles. The molecule has 0 spiro atoms. The van der Waals surface area contributed by atoms with Crippen LogP contribution in [0.25, 0.3) is 11.0 Å². The molecule has 0 aliphatic rings. The minimum atomic E-state index is 0.789. The molecule has 1 heterocycles. The Bertz CT molecular complexity index is 564. The fourth-order valence-electron chi connectivity index (χ4n) is 2.72. The van der Waals surface area contributed by atoms with Gasteiger partial charge in [0.25, 0.3) is 0 Å². The van der Waals surface area contributed by atoms with Crippen LogP contribution in [-0.2, 0) is 0 Å². The highest BCUT2D eigenvalue weighted by Gasteiger charge is 1.98. The predicted molar refractivity (Wildman–Crippen MR) is 94.9 cm³/mol. The summed E-state index contributed by atoms with van der Waals surface area (Å²) in [5.74, 6) is 7.17. The second-order valence-corrected chi connectivity index (χ2v) is 6.03. The molecule has 1 aromatic heterocycles. The number of para-hydroxylation sites is 1. The second kappa shape index (κ2) is 10.1. The van der Waals surface area contributed by atoms with E-state index in [4.69, 9.17) is 4.42 Å². The number of hydrogen-bond donors (Lipinski definition) is 0. The van der Waals surface area contributed by atoms with E-state index in [1.54, 1.807) is 0 Å². The van der Waals surface area contributed by atoms with Crippen LogP contribution in [0.1, 0.15) is 76.9 Å². The van der Waals surface area contributed by atoms with Gasteiger partial charge in [-0.3, -0.25) is 0 Å². The van der Waals surface area contributed by atoms with E-state index >= 15 is 0 Å². The maximum absolute atomic E-state index is 5.69. The summed E-state index contributed by atoms with van der Waals surface area (Å²) in [5.41, 5.74) is 0.926. The highest BCUT2D eigenvalue weighted by atomic mass is 16.3.